The third-order valence-electron chi connectivity index (χ3n) is 5.70. The van der Waals surface area contributed by atoms with Gasteiger partial charge in [-0.15, -0.1) is 0 Å². The predicted molar refractivity (Wildman–Crippen MR) is 109 cm³/mol. The molecule has 0 saturated carbocycles. The molecule has 2 amide bonds. The van der Waals surface area contributed by atoms with Gasteiger partial charge in [-0.3, -0.25) is 9.59 Å². The molecular formula is C20H17Br2N3O2. The second kappa shape index (κ2) is 6.51. The number of anilines is 1. The van der Waals surface area contributed by atoms with Crippen molar-refractivity contribution in [3.05, 3.63) is 63.0 Å². The Morgan fingerprint density at radius 2 is 1.30 bits per heavy atom. The van der Waals surface area contributed by atoms with E-state index in [1.807, 2.05) is 48.5 Å². The normalized spacial score (nSPS) is 28.1. The number of hydrazine groups is 1. The third-order valence-corrected chi connectivity index (χ3v) is 6.76. The molecule has 0 aliphatic carbocycles. The fraction of sp³-hybridized carbons (Fsp3) is 0.300. The van der Waals surface area contributed by atoms with E-state index in [1.165, 1.54) is 4.90 Å². The molecule has 0 aromatic heterocycles. The lowest BCUT2D eigenvalue weighted by Crippen LogP contribution is -2.44. The van der Waals surface area contributed by atoms with E-state index in [9.17, 15) is 9.59 Å². The highest BCUT2D eigenvalue weighted by molar-refractivity contribution is 9.10. The van der Waals surface area contributed by atoms with Gasteiger partial charge in [-0.1, -0.05) is 44.0 Å². The number of imide groups is 1. The fourth-order valence-corrected chi connectivity index (χ4v) is 5.15. The first kappa shape index (κ1) is 17.6. The van der Waals surface area contributed by atoms with Gasteiger partial charge in [0, 0.05) is 22.0 Å². The van der Waals surface area contributed by atoms with E-state index in [2.05, 4.69) is 41.9 Å². The molecule has 2 aromatic rings. The van der Waals surface area contributed by atoms with Crippen LogP contribution in [0.25, 0.3) is 0 Å². The topological polar surface area (TPSA) is 43.9 Å². The summed E-state index contributed by atoms with van der Waals surface area (Å²) in [7, 11) is 0. The number of hydrogen-bond acceptors (Lipinski definition) is 4. The molecule has 5 nitrogen and oxygen atoms in total. The van der Waals surface area contributed by atoms with Gasteiger partial charge in [0.15, 0.2) is 0 Å². The van der Waals surface area contributed by atoms with Crippen LogP contribution in [0.5, 0.6) is 0 Å². The van der Waals surface area contributed by atoms with Crippen molar-refractivity contribution >= 4 is 49.4 Å². The molecule has 3 aliphatic rings. The van der Waals surface area contributed by atoms with Crippen molar-refractivity contribution in [2.24, 2.45) is 5.92 Å². The number of fused-ring (bicyclic) bond motifs is 3. The predicted octanol–water partition coefficient (Wildman–Crippen LogP) is 3.75. The van der Waals surface area contributed by atoms with Crippen molar-refractivity contribution in [2.45, 2.75) is 18.5 Å². The molecule has 0 unspecified atom stereocenters. The Morgan fingerprint density at radius 3 is 1.93 bits per heavy atom. The van der Waals surface area contributed by atoms with Gasteiger partial charge >= 0.3 is 0 Å². The number of nitrogens with zero attached hydrogens (tertiary/aromatic N) is 3. The van der Waals surface area contributed by atoms with Gasteiger partial charge in [0.05, 0.1) is 17.6 Å². The summed E-state index contributed by atoms with van der Waals surface area (Å²) in [4.78, 5) is 28.0. The highest BCUT2D eigenvalue weighted by Crippen LogP contribution is 2.49. The number of carbonyl (C=O) groups excluding carboxylic acids is 2. The Hall–Kier alpha value is -1.54. The van der Waals surface area contributed by atoms with Gasteiger partial charge < -0.3 is 0 Å². The summed E-state index contributed by atoms with van der Waals surface area (Å²) in [6.45, 7) is 1.70. The zero-order valence-corrected chi connectivity index (χ0v) is 17.6. The standard InChI is InChI=1S/C20H17Br2N3O2/c21-13-4-2-12(3-5-13)17-16-18(24-11-1-10-23(17)24)20(27)25(19(16)26)15-8-6-14(22)7-9-15/h2-9,16-18H,1,10-11H2/t16-,17-,18+/m0/s1. The lowest BCUT2D eigenvalue weighted by atomic mass is 9.90. The smallest absolute Gasteiger partial charge is 0.253 e. The Morgan fingerprint density at radius 1 is 0.741 bits per heavy atom. The van der Waals surface area contributed by atoms with E-state index in [0.29, 0.717) is 5.69 Å². The van der Waals surface area contributed by atoms with Gasteiger partial charge in [-0.25, -0.2) is 14.9 Å². The highest BCUT2D eigenvalue weighted by Gasteiger charge is 2.62. The number of rotatable bonds is 2. The number of carbonyl (C=O) groups is 2. The maximum Gasteiger partial charge on any atom is 0.253 e. The summed E-state index contributed by atoms with van der Waals surface area (Å²) in [5.41, 5.74) is 1.72. The summed E-state index contributed by atoms with van der Waals surface area (Å²) >= 11 is 6.89. The molecule has 7 heteroatoms. The maximum absolute atomic E-state index is 13.4. The highest BCUT2D eigenvalue weighted by atomic mass is 79.9. The molecular weight excluding hydrogens is 474 g/mol. The van der Waals surface area contributed by atoms with E-state index < -0.39 is 6.04 Å². The summed E-state index contributed by atoms with van der Waals surface area (Å²) in [6.07, 6.45) is 1.01. The van der Waals surface area contributed by atoms with Crippen molar-refractivity contribution < 1.29 is 9.59 Å². The third kappa shape index (κ3) is 2.63. The summed E-state index contributed by atoms with van der Waals surface area (Å²) < 4.78 is 1.92. The van der Waals surface area contributed by atoms with E-state index >= 15 is 0 Å². The van der Waals surface area contributed by atoms with Crippen LogP contribution in [0.4, 0.5) is 5.69 Å². The molecule has 0 N–H and O–H groups in total. The van der Waals surface area contributed by atoms with E-state index in [4.69, 9.17) is 0 Å². The van der Waals surface area contributed by atoms with Gasteiger partial charge in [-0.05, 0) is 48.4 Å². The van der Waals surface area contributed by atoms with Crippen LogP contribution in [0, 0.1) is 5.92 Å². The van der Waals surface area contributed by atoms with E-state index in [-0.39, 0.29) is 23.8 Å². The summed E-state index contributed by atoms with van der Waals surface area (Å²) in [6, 6.07) is 14.9. The molecule has 5 rings (SSSR count). The molecule has 3 saturated heterocycles. The first-order valence-electron chi connectivity index (χ1n) is 8.98. The van der Waals surface area contributed by atoms with E-state index in [1.54, 1.807) is 0 Å². The quantitative estimate of drug-likeness (QED) is 0.601. The van der Waals surface area contributed by atoms with E-state index in [0.717, 1.165) is 34.0 Å². The van der Waals surface area contributed by atoms with Crippen LogP contribution >= 0.6 is 31.9 Å². The zero-order valence-electron chi connectivity index (χ0n) is 14.4. The van der Waals surface area contributed by atoms with Crippen LogP contribution < -0.4 is 4.90 Å². The lowest BCUT2D eigenvalue weighted by molar-refractivity contribution is -0.126. The van der Waals surface area contributed by atoms with Crippen LogP contribution in [-0.2, 0) is 9.59 Å². The molecule has 0 radical (unpaired) electrons. The second-order valence-corrected chi connectivity index (χ2v) is 8.97. The van der Waals surface area contributed by atoms with Crippen LogP contribution in [0.15, 0.2) is 57.5 Å². The summed E-state index contributed by atoms with van der Waals surface area (Å²) in [5, 5.41) is 4.35. The van der Waals surface area contributed by atoms with Gasteiger partial charge in [-0.2, -0.15) is 0 Å². The number of halogens is 2. The molecule has 138 valence electrons. The van der Waals surface area contributed by atoms with Crippen molar-refractivity contribution in [3.63, 3.8) is 0 Å². The van der Waals surface area contributed by atoms with Crippen molar-refractivity contribution in [1.82, 2.24) is 10.0 Å². The maximum atomic E-state index is 13.4. The second-order valence-electron chi connectivity index (χ2n) is 7.14. The molecule has 0 bridgehead atoms. The van der Waals surface area contributed by atoms with Crippen LogP contribution in [0.1, 0.15) is 18.0 Å². The molecule has 27 heavy (non-hydrogen) atoms. The minimum absolute atomic E-state index is 0.0949. The Labute approximate surface area is 174 Å². The SMILES string of the molecule is O=C1[C@@H]2[C@H](C(=O)N1c1ccc(Br)cc1)N1CCCN1[C@H]2c1ccc(Br)cc1. The lowest BCUT2D eigenvalue weighted by Gasteiger charge is -2.29. The number of amides is 2. The van der Waals surface area contributed by atoms with Crippen molar-refractivity contribution in [2.75, 3.05) is 18.0 Å². The number of benzene rings is 2. The van der Waals surface area contributed by atoms with Gasteiger partial charge in [0.2, 0.25) is 5.91 Å². The average molecular weight is 491 g/mol. The van der Waals surface area contributed by atoms with Gasteiger partial charge in [0.25, 0.3) is 5.91 Å². The van der Waals surface area contributed by atoms with Crippen LogP contribution in [0.3, 0.4) is 0 Å². The summed E-state index contributed by atoms with van der Waals surface area (Å²) in [5.74, 6) is -0.587. The molecule has 0 spiro atoms. The fourth-order valence-electron chi connectivity index (χ4n) is 4.62. The van der Waals surface area contributed by atoms with Crippen molar-refractivity contribution in [3.8, 4) is 0 Å². The average Bonchev–Trinajstić information content (AvgIpc) is 3.30. The Balaban J connectivity index is 1.57. The molecule has 3 aliphatic heterocycles. The minimum atomic E-state index is -0.405. The molecule has 3 heterocycles. The monoisotopic (exact) mass is 489 g/mol. The molecule has 3 fully saturated rings. The Bertz CT molecular complexity index is 916. The zero-order chi connectivity index (χ0) is 18.7. The molecule has 3 atom stereocenters. The largest absolute Gasteiger partial charge is 0.274 e. The first-order chi connectivity index (χ1) is 13.1. The van der Waals surface area contributed by atoms with Gasteiger partial charge in [0.1, 0.15) is 6.04 Å². The van der Waals surface area contributed by atoms with Crippen LogP contribution in [0.2, 0.25) is 0 Å². The minimum Gasteiger partial charge on any atom is -0.274 e. The Kier molecular flexibility index (Phi) is 4.23. The number of hydrogen-bond donors (Lipinski definition) is 0. The van der Waals surface area contributed by atoms with Crippen molar-refractivity contribution in [1.29, 1.82) is 0 Å². The molecule has 2 aromatic carbocycles. The van der Waals surface area contributed by atoms with Crippen LogP contribution in [-0.4, -0.2) is 41.0 Å². The first-order valence-corrected chi connectivity index (χ1v) is 10.6.